The first-order chi connectivity index (χ1) is 11.2. The lowest BCUT2D eigenvalue weighted by Gasteiger charge is -2.25. The first-order valence-corrected chi connectivity index (χ1v) is 7.93. The number of allylic oxidation sites excluding steroid dienone is 2. The van der Waals surface area contributed by atoms with Gasteiger partial charge in [-0.3, -0.25) is 13.9 Å². The van der Waals surface area contributed by atoms with E-state index in [0.717, 1.165) is 10.1 Å². The SMILES string of the molecule is CC(C)=CCn1c(N(C)[C@@H](C)CN)nc2c1c(=O)n(C)c(=O)n2C. The summed E-state index contributed by atoms with van der Waals surface area (Å²) in [6.45, 7) is 6.95. The van der Waals surface area contributed by atoms with Crippen molar-refractivity contribution < 1.29 is 0 Å². The highest BCUT2D eigenvalue weighted by Crippen LogP contribution is 2.20. The summed E-state index contributed by atoms with van der Waals surface area (Å²) in [7, 11) is 4.99. The fourth-order valence-electron chi connectivity index (χ4n) is 2.51. The van der Waals surface area contributed by atoms with Gasteiger partial charge in [-0.1, -0.05) is 11.6 Å². The fraction of sp³-hybridized carbons (Fsp3) is 0.562. The minimum atomic E-state index is -0.388. The van der Waals surface area contributed by atoms with Gasteiger partial charge in [0, 0.05) is 40.3 Å². The van der Waals surface area contributed by atoms with Gasteiger partial charge in [0.25, 0.3) is 5.56 Å². The van der Waals surface area contributed by atoms with Crippen molar-refractivity contribution in [3.63, 3.8) is 0 Å². The lowest BCUT2D eigenvalue weighted by atomic mass is 10.3. The number of aryl methyl sites for hydroxylation is 1. The van der Waals surface area contributed by atoms with Crippen LogP contribution in [-0.4, -0.2) is 38.3 Å². The quantitative estimate of drug-likeness (QED) is 0.788. The molecule has 0 spiro atoms. The van der Waals surface area contributed by atoms with Crippen LogP contribution in [0, 0.1) is 0 Å². The maximum Gasteiger partial charge on any atom is 0.332 e. The van der Waals surface area contributed by atoms with Gasteiger partial charge in [0.05, 0.1) is 0 Å². The van der Waals surface area contributed by atoms with Crippen LogP contribution in [0.4, 0.5) is 5.95 Å². The van der Waals surface area contributed by atoms with Gasteiger partial charge < -0.3 is 15.2 Å². The number of hydrogen-bond acceptors (Lipinski definition) is 5. The molecule has 0 unspecified atom stereocenters. The van der Waals surface area contributed by atoms with E-state index in [1.165, 1.54) is 11.6 Å². The molecule has 8 heteroatoms. The third-order valence-electron chi connectivity index (χ3n) is 4.33. The van der Waals surface area contributed by atoms with Gasteiger partial charge in [-0.25, -0.2) is 4.79 Å². The van der Waals surface area contributed by atoms with Crippen LogP contribution in [0.3, 0.4) is 0 Å². The van der Waals surface area contributed by atoms with Crippen molar-refractivity contribution in [3.8, 4) is 0 Å². The van der Waals surface area contributed by atoms with E-state index in [-0.39, 0.29) is 17.3 Å². The predicted molar refractivity (Wildman–Crippen MR) is 96.6 cm³/mol. The number of nitrogens with zero attached hydrogens (tertiary/aromatic N) is 5. The lowest BCUT2D eigenvalue weighted by molar-refractivity contribution is 0.657. The van der Waals surface area contributed by atoms with E-state index < -0.39 is 0 Å². The summed E-state index contributed by atoms with van der Waals surface area (Å²) < 4.78 is 4.36. The molecule has 1 atom stereocenters. The van der Waals surface area contributed by atoms with Crippen molar-refractivity contribution in [2.24, 2.45) is 19.8 Å². The van der Waals surface area contributed by atoms with Gasteiger partial charge >= 0.3 is 5.69 Å². The molecule has 24 heavy (non-hydrogen) atoms. The van der Waals surface area contributed by atoms with Crippen molar-refractivity contribution in [2.75, 3.05) is 18.5 Å². The van der Waals surface area contributed by atoms with Gasteiger partial charge in [-0.15, -0.1) is 0 Å². The molecule has 8 nitrogen and oxygen atoms in total. The molecule has 0 aliphatic heterocycles. The molecule has 2 aromatic heterocycles. The normalized spacial score (nSPS) is 12.5. The summed E-state index contributed by atoms with van der Waals surface area (Å²) in [5.41, 5.74) is 6.98. The molecule has 2 aromatic rings. The maximum absolute atomic E-state index is 12.7. The number of fused-ring (bicyclic) bond motifs is 1. The highest BCUT2D eigenvalue weighted by Gasteiger charge is 2.22. The minimum absolute atomic E-state index is 0.0492. The Morgan fingerprint density at radius 2 is 1.92 bits per heavy atom. The molecule has 0 radical (unpaired) electrons. The third kappa shape index (κ3) is 2.89. The van der Waals surface area contributed by atoms with Crippen LogP contribution in [0.5, 0.6) is 0 Å². The summed E-state index contributed by atoms with van der Waals surface area (Å²) in [6.07, 6.45) is 2.02. The van der Waals surface area contributed by atoms with E-state index in [2.05, 4.69) is 4.98 Å². The van der Waals surface area contributed by atoms with Gasteiger partial charge in [0.15, 0.2) is 11.2 Å². The lowest BCUT2D eigenvalue weighted by Crippen LogP contribution is -2.38. The van der Waals surface area contributed by atoms with E-state index in [0.29, 0.717) is 30.2 Å². The number of imidazole rings is 1. The van der Waals surface area contributed by atoms with Gasteiger partial charge in [-0.05, 0) is 20.8 Å². The second-order valence-corrected chi connectivity index (χ2v) is 6.38. The average molecular weight is 334 g/mol. The van der Waals surface area contributed by atoms with E-state index >= 15 is 0 Å². The molecule has 0 fully saturated rings. The second-order valence-electron chi connectivity index (χ2n) is 6.38. The minimum Gasteiger partial charge on any atom is -0.341 e. The molecule has 2 N–H and O–H groups in total. The Hall–Kier alpha value is -2.35. The zero-order valence-corrected chi connectivity index (χ0v) is 15.2. The number of anilines is 1. The Kier molecular flexibility index (Phi) is 4.98. The number of aromatic nitrogens is 4. The maximum atomic E-state index is 12.7. The van der Waals surface area contributed by atoms with Crippen LogP contribution in [-0.2, 0) is 20.6 Å². The average Bonchev–Trinajstić information content (AvgIpc) is 2.94. The second kappa shape index (κ2) is 6.64. The first-order valence-electron chi connectivity index (χ1n) is 7.93. The molecular weight excluding hydrogens is 308 g/mol. The van der Waals surface area contributed by atoms with E-state index in [9.17, 15) is 9.59 Å². The zero-order chi connectivity index (χ0) is 18.2. The topological polar surface area (TPSA) is 91.1 Å². The Morgan fingerprint density at radius 1 is 1.29 bits per heavy atom. The number of rotatable bonds is 5. The van der Waals surface area contributed by atoms with E-state index in [1.807, 2.05) is 43.4 Å². The van der Waals surface area contributed by atoms with Crippen LogP contribution in [0.1, 0.15) is 20.8 Å². The molecule has 0 aromatic carbocycles. The Morgan fingerprint density at radius 3 is 2.46 bits per heavy atom. The smallest absolute Gasteiger partial charge is 0.332 e. The van der Waals surface area contributed by atoms with Crippen LogP contribution < -0.4 is 21.9 Å². The van der Waals surface area contributed by atoms with Crippen molar-refractivity contribution in [1.29, 1.82) is 0 Å². The van der Waals surface area contributed by atoms with Crippen molar-refractivity contribution in [3.05, 3.63) is 32.5 Å². The molecule has 2 rings (SSSR count). The Labute approximate surface area is 140 Å². The summed E-state index contributed by atoms with van der Waals surface area (Å²) in [5.74, 6) is 0.624. The largest absolute Gasteiger partial charge is 0.341 e. The number of hydrogen-bond donors (Lipinski definition) is 1. The van der Waals surface area contributed by atoms with Gasteiger partial charge in [-0.2, -0.15) is 4.98 Å². The zero-order valence-electron chi connectivity index (χ0n) is 15.2. The summed E-state index contributed by atoms with van der Waals surface area (Å²) >= 11 is 0. The van der Waals surface area contributed by atoms with Crippen molar-refractivity contribution in [1.82, 2.24) is 18.7 Å². The molecule has 0 amide bonds. The van der Waals surface area contributed by atoms with Crippen molar-refractivity contribution in [2.45, 2.75) is 33.4 Å². The van der Waals surface area contributed by atoms with Crippen LogP contribution in [0.2, 0.25) is 0 Å². The summed E-state index contributed by atoms with van der Waals surface area (Å²) in [4.78, 5) is 31.4. The van der Waals surface area contributed by atoms with Crippen LogP contribution >= 0.6 is 0 Å². The summed E-state index contributed by atoms with van der Waals surface area (Å²) in [5, 5.41) is 0. The molecule has 0 aliphatic rings. The standard InChI is InChI=1S/C16H26N6O2/c1-10(2)7-8-22-12-13(18-15(22)19(4)11(3)9-17)20(5)16(24)21(6)14(12)23/h7,11H,8-9,17H2,1-6H3/t11-/m0/s1. The van der Waals surface area contributed by atoms with Crippen molar-refractivity contribution >= 4 is 17.1 Å². The Balaban J connectivity index is 2.87. The molecule has 0 bridgehead atoms. The third-order valence-corrected chi connectivity index (χ3v) is 4.33. The molecule has 0 saturated heterocycles. The monoisotopic (exact) mass is 334 g/mol. The van der Waals surface area contributed by atoms with Gasteiger partial charge in [0.2, 0.25) is 5.95 Å². The van der Waals surface area contributed by atoms with Crippen LogP contribution in [0.25, 0.3) is 11.2 Å². The van der Waals surface area contributed by atoms with E-state index in [1.54, 1.807) is 7.05 Å². The van der Waals surface area contributed by atoms with E-state index in [4.69, 9.17) is 5.73 Å². The number of likely N-dealkylation sites (N-methyl/N-ethyl adjacent to an activating group) is 1. The number of nitrogens with two attached hydrogens (primary N) is 1. The first kappa shape index (κ1) is 18.0. The molecule has 2 heterocycles. The summed E-state index contributed by atoms with van der Waals surface area (Å²) in [6, 6.07) is 0.0492. The Bertz CT molecular complexity index is 898. The fourth-order valence-corrected chi connectivity index (χ4v) is 2.51. The molecule has 0 saturated carbocycles. The molecular formula is C16H26N6O2. The highest BCUT2D eigenvalue weighted by molar-refractivity contribution is 5.74. The highest BCUT2D eigenvalue weighted by atomic mass is 16.2. The predicted octanol–water partition coefficient (Wildman–Crippen LogP) is 0.183. The molecule has 132 valence electrons. The molecule has 0 aliphatic carbocycles. The van der Waals surface area contributed by atoms with Gasteiger partial charge in [0.1, 0.15) is 0 Å². The van der Waals surface area contributed by atoms with Crippen LogP contribution in [0.15, 0.2) is 21.2 Å².